The summed E-state index contributed by atoms with van der Waals surface area (Å²) < 4.78 is 74.0. The molecular weight excluding hydrogens is 574 g/mol. The van der Waals surface area contributed by atoms with E-state index in [1.54, 1.807) is 6.07 Å². The van der Waals surface area contributed by atoms with Crippen molar-refractivity contribution < 1.29 is 41.7 Å². The second kappa shape index (κ2) is 12.1. The number of imidazole rings is 1. The van der Waals surface area contributed by atoms with E-state index in [1.807, 2.05) is 4.57 Å². The molecule has 4 heterocycles. The standard InChI is InChI=1S/C29H27F4N5O5/c30-19-11-21(32)24(12-20(19)31)42-15-25-34-5-1-27(35-25)43-17-2-6-37(7-3-17)14-26-36-28-22(33)9-16(29(39)40)10-23(28)38(26)13-18-4-8-41-18/h1,5,9-12,17-18H,2-4,6-8,13-15H2,(H,39,40)/t18-/m0/s1. The molecule has 226 valence electrons. The van der Waals surface area contributed by atoms with Crippen LogP contribution in [0.5, 0.6) is 11.6 Å². The summed E-state index contributed by atoms with van der Waals surface area (Å²) >= 11 is 0. The number of carboxylic acid groups (broad SMARTS) is 1. The van der Waals surface area contributed by atoms with Crippen LogP contribution in [0.25, 0.3) is 11.0 Å². The third kappa shape index (κ3) is 6.39. The van der Waals surface area contributed by atoms with Gasteiger partial charge in [0.25, 0.3) is 0 Å². The number of piperidine rings is 1. The first-order valence-electron chi connectivity index (χ1n) is 13.8. The largest absolute Gasteiger partial charge is 0.482 e. The smallest absolute Gasteiger partial charge is 0.335 e. The fourth-order valence-electron chi connectivity index (χ4n) is 5.14. The van der Waals surface area contributed by atoms with Gasteiger partial charge in [-0.2, -0.15) is 4.98 Å². The van der Waals surface area contributed by atoms with Gasteiger partial charge in [0, 0.05) is 44.1 Å². The van der Waals surface area contributed by atoms with Crippen molar-refractivity contribution >= 4 is 17.0 Å². The first-order chi connectivity index (χ1) is 20.7. The van der Waals surface area contributed by atoms with Crippen molar-refractivity contribution in [2.75, 3.05) is 19.7 Å². The minimum absolute atomic E-state index is 0.0362. The number of likely N-dealkylation sites (tertiary alicyclic amines) is 1. The Hall–Kier alpha value is -4.30. The van der Waals surface area contributed by atoms with E-state index in [2.05, 4.69) is 19.9 Å². The monoisotopic (exact) mass is 601 g/mol. The topological polar surface area (TPSA) is 112 Å². The highest BCUT2D eigenvalue weighted by Crippen LogP contribution is 2.27. The second-order valence-electron chi connectivity index (χ2n) is 10.4. The molecule has 2 saturated heterocycles. The molecule has 0 saturated carbocycles. The summed E-state index contributed by atoms with van der Waals surface area (Å²) in [4.78, 5) is 26.6. The van der Waals surface area contributed by atoms with Crippen molar-refractivity contribution in [2.24, 2.45) is 0 Å². The number of halogens is 4. The Morgan fingerprint density at radius 1 is 1.00 bits per heavy atom. The van der Waals surface area contributed by atoms with E-state index in [-0.39, 0.29) is 35.7 Å². The van der Waals surface area contributed by atoms with Crippen LogP contribution < -0.4 is 9.47 Å². The molecule has 2 aliphatic rings. The van der Waals surface area contributed by atoms with Gasteiger partial charge < -0.3 is 23.9 Å². The summed E-state index contributed by atoms with van der Waals surface area (Å²) in [5.74, 6) is -4.84. The molecule has 2 aromatic carbocycles. The Balaban J connectivity index is 1.08. The highest BCUT2D eigenvalue weighted by molar-refractivity contribution is 5.92. The third-order valence-corrected chi connectivity index (χ3v) is 7.51. The van der Waals surface area contributed by atoms with Crippen LogP contribution in [0.2, 0.25) is 0 Å². The zero-order chi connectivity index (χ0) is 30.1. The van der Waals surface area contributed by atoms with Gasteiger partial charge in [-0.05, 0) is 31.4 Å². The lowest BCUT2D eigenvalue weighted by Crippen LogP contribution is -2.39. The molecule has 4 aromatic rings. The number of carboxylic acids is 1. The van der Waals surface area contributed by atoms with Crippen LogP contribution in [-0.2, 0) is 24.4 Å². The maximum atomic E-state index is 14.8. The van der Waals surface area contributed by atoms with Gasteiger partial charge in [-0.25, -0.2) is 32.3 Å². The third-order valence-electron chi connectivity index (χ3n) is 7.51. The molecule has 6 rings (SSSR count). The van der Waals surface area contributed by atoms with Crippen LogP contribution in [0.15, 0.2) is 36.5 Å². The minimum Gasteiger partial charge on any atom is -0.482 e. The summed E-state index contributed by atoms with van der Waals surface area (Å²) in [6.45, 7) is 2.59. The highest BCUT2D eigenvalue weighted by atomic mass is 19.2. The van der Waals surface area contributed by atoms with Gasteiger partial charge in [-0.1, -0.05) is 0 Å². The molecule has 2 fully saturated rings. The first kappa shape index (κ1) is 28.8. The summed E-state index contributed by atoms with van der Waals surface area (Å²) in [6.07, 6.45) is 3.47. The molecule has 14 heteroatoms. The number of fused-ring (bicyclic) bond motifs is 1. The summed E-state index contributed by atoms with van der Waals surface area (Å²) in [5.41, 5.74) is 0.423. The average molecular weight is 602 g/mol. The number of rotatable bonds is 10. The molecule has 1 N–H and O–H groups in total. The highest BCUT2D eigenvalue weighted by Gasteiger charge is 2.27. The molecule has 1 atom stereocenters. The molecule has 0 radical (unpaired) electrons. The Kier molecular flexibility index (Phi) is 8.13. The van der Waals surface area contributed by atoms with Crippen LogP contribution in [-0.4, -0.2) is 67.4 Å². The Labute approximate surface area is 242 Å². The first-order valence-corrected chi connectivity index (χ1v) is 13.8. The lowest BCUT2D eigenvalue weighted by Gasteiger charge is -2.32. The average Bonchev–Trinajstić information content (AvgIpc) is 3.30. The van der Waals surface area contributed by atoms with Crippen molar-refractivity contribution in [1.82, 2.24) is 24.4 Å². The van der Waals surface area contributed by atoms with Crippen LogP contribution in [0.1, 0.15) is 41.3 Å². The molecular formula is C29H27F4N5O5. The summed E-state index contributed by atoms with van der Waals surface area (Å²) in [6, 6.07) is 5.05. The number of aromatic carboxylic acids is 1. The number of carbonyl (C=O) groups is 1. The van der Waals surface area contributed by atoms with E-state index in [0.717, 1.165) is 12.5 Å². The maximum absolute atomic E-state index is 14.8. The molecule has 0 unspecified atom stereocenters. The van der Waals surface area contributed by atoms with Crippen molar-refractivity contribution in [3.63, 3.8) is 0 Å². The number of nitrogens with zero attached hydrogens (tertiary/aromatic N) is 5. The number of benzene rings is 2. The van der Waals surface area contributed by atoms with Crippen LogP contribution in [0.4, 0.5) is 17.6 Å². The molecule has 2 aliphatic heterocycles. The number of hydrogen-bond donors (Lipinski definition) is 1. The normalized spacial score (nSPS) is 17.6. The Morgan fingerprint density at radius 3 is 2.49 bits per heavy atom. The van der Waals surface area contributed by atoms with Gasteiger partial charge in [0.2, 0.25) is 5.88 Å². The lowest BCUT2D eigenvalue weighted by molar-refractivity contribution is -0.0592. The van der Waals surface area contributed by atoms with E-state index in [0.29, 0.717) is 75.0 Å². The SMILES string of the molecule is O=C(O)c1cc(F)c2nc(CN3CCC(Oc4ccnc(COc5cc(F)c(F)cc5F)n4)CC3)n(C[C@@H]3CCO3)c2c1. The maximum Gasteiger partial charge on any atom is 0.335 e. The van der Waals surface area contributed by atoms with Gasteiger partial charge in [0.05, 0.1) is 30.3 Å². The van der Waals surface area contributed by atoms with E-state index in [9.17, 15) is 27.5 Å². The Bertz CT molecular complexity index is 1660. The van der Waals surface area contributed by atoms with Crippen LogP contribution in [0.3, 0.4) is 0 Å². The van der Waals surface area contributed by atoms with Gasteiger partial charge in [0.15, 0.2) is 34.8 Å². The zero-order valence-electron chi connectivity index (χ0n) is 22.8. The van der Waals surface area contributed by atoms with Crippen molar-refractivity contribution in [3.8, 4) is 11.6 Å². The van der Waals surface area contributed by atoms with Crippen LogP contribution in [0, 0.1) is 23.3 Å². The zero-order valence-corrected chi connectivity index (χ0v) is 22.8. The van der Waals surface area contributed by atoms with Gasteiger partial charge in [0.1, 0.15) is 24.1 Å². The second-order valence-corrected chi connectivity index (χ2v) is 10.4. The molecule has 43 heavy (non-hydrogen) atoms. The number of ether oxygens (including phenoxy) is 3. The van der Waals surface area contributed by atoms with Gasteiger partial charge in [-0.3, -0.25) is 4.90 Å². The fraction of sp³-hybridized carbons (Fsp3) is 0.379. The molecule has 0 spiro atoms. The predicted octanol–water partition coefficient (Wildman–Crippen LogP) is 4.49. The van der Waals surface area contributed by atoms with Crippen molar-refractivity contribution in [1.29, 1.82) is 0 Å². The summed E-state index contributed by atoms with van der Waals surface area (Å²) in [5, 5.41) is 9.42. The molecule has 0 amide bonds. The van der Waals surface area contributed by atoms with E-state index in [1.165, 1.54) is 12.3 Å². The lowest BCUT2D eigenvalue weighted by atomic mass is 10.1. The van der Waals surface area contributed by atoms with Crippen LogP contribution >= 0.6 is 0 Å². The number of aromatic nitrogens is 4. The van der Waals surface area contributed by atoms with E-state index < -0.39 is 35.0 Å². The molecule has 0 aliphatic carbocycles. The quantitative estimate of drug-likeness (QED) is 0.208. The van der Waals surface area contributed by atoms with Gasteiger partial charge in [-0.15, -0.1) is 0 Å². The minimum atomic E-state index is -1.31. The van der Waals surface area contributed by atoms with E-state index in [4.69, 9.17) is 14.2 Å². The molecule has 10 nitrogen and oxygen atoms in total. The molecule has 2 aromatic heterocycles. The van der Waals surface area contributed by atoms with E-state index >= 15 is 0 Å². The van der Waals surface area contributed by atoms with Gasteiger partial charge >= 0.3 is 5.97 Å². The predicted molar refractivity (Wildman–Crippen MR) is 143 cm³/mol. The number of hydrogen-bond acceptors (Lipinski definition) is 8. The molecule has 0 bridgehead atoms. The van der Waals surface area contributed by atoms with Crippen molar-refractivity contribution in [3.05, 3.63) is 77.0 Å². The summed E-state index contributed by atoms with van der Waals surface area (Å²) in [7, 11) is 0. The Morgan fingerprint density at radius 2 is 1.77 bits per heavy atom. The van der Waals surface area contributed by atoms with Crippen molar-refractivity contribution in [2.45, 2.75) is 51.2 Å². The fourth-order valence-corrected chi connectivity index (χ4v) is 5.14.